The molecule has 0 radical (unpaired) electrons. The first-order valence-electron chi connectivity index (χ1n) is 25.3. The van der Waals surface area contributed by atoms with Crippen LogP contribution in [0.5, 0.6) is 0 Å². The second-order valence-corrected chi connectivity index (χ2v) is 25.3. The minimum absolute atomic E-state index is 0.428. The average molecular weight is 756 g/mol. The van der Waals surface area contributed by atoms with Crippen molar-refractivity contribution in [2.24, 2.45) is 153 Å². The van der Waals surface area contributed by atoms with E-state index in [1.54, 1.807) is 42.4 Å². The van der Waals surface area contributed by atoms with Crippen LogP contribution < -0.4 is 0 Å². The molecule has 0 amide bonds. The van der Waals surface area contributed by atoms with Crippen LogP contribution in [0.25, 0.3) is 0 Å². The van der Waals surface area contributed by atoms with Crippen LogP contribution in [0.15, 0.2) is 52.1 Å². The molecule has 1 saturated heterocycles. The van der Waals surface area contributed by atoms with Gasteiger partial charge in [0.25, 0.3) is 0 Å². The van der Waals surface area contributed by atoms with Crippen molar-refractivity contribution in [1.82, 2.24) is 4.90 Å². The molecule has 27 atom stereocenters. The highest BCUT2D eigenvalue weighted by Crippen LogP contribution is 2.93. The highest BCUT2D eigenvalue weighted by Gasteiger charge is 2.88. The topological polar surface area (TPSA) is 21.7 Å². The molecule has 0 bridgehead atoms. The van der Waals surface area contributed by atoms with Gasteiger partial charge in [0.05, 0.1) is 19.8 Å². The summed E-state index contributed by atoms with van der Waals surface area (Å²) in [6, 6.07) is 8.69. The lowest BCUT2D eigenvalue weighted by molar-refractivity contribution is -0.147. The van der Waals surface area contributed by atoms with Crippen LogP contribution in [-0.2, 0) is 22.3 Å². The molecule has 3 nitrogen and oxygen atoms in total. The fourth-order valence-corrected chi connectivity index (χ4v) is 26.3. The Morgan fingerprint density at radius 1 is 0.684 bits per heavy atom. The standard InChI is InChI=1S/C54H61NO2/c1-56-8-9-57-7-6-55-19-31-30-17-28-15-25-13-26-12-23-11-24-14-27-16-29-18-54(31,53(55)22-5-3-20-2-4-21(20)10-22)52-38(29)43-37(27)42-33(24)32(23)40-36(26)41-34(25)35(28)44-39(30)51(52)50-48(43)46(42)45(40)47(41)49(44)50/h3,5,10,12,23-25,27,29,31-34,36-38,40-53H,2,4,6-9,11,13-19H2,1H3. The molecule has 17 aliphatic carbocycles. The summed E-state index contributed by atoms with van der Waals surface area (Å²) >= 11 is 0. The average Bonchev–Trinajstić information content (AvgIpc) is 4.05. The number of hydrogen-bond donors (Lipinski definition) is 0. The van der Waals surface area contributed by atoms with E-state index in [0.717, 1.165) is 168 Å². The first-order chi connectivity index (χ1) is 28.2. The Labute approximate surface area is 339 Å². The van der Waals surface area contributed by atoms with Crippen molar-refractivity contribution in [2.75, 3.05) is 40.0 Å². The molecular weight excluding hydrogens is 695 g/mol. The molecule has 18 aliphatic rings. The van der Waals surface area contributed by atoms with E-state index in [-0.39, 0.29) is 0 Å². The van der Waals surface area contributed by atoms with Crippen LogP contribution in [-0.4, -0.2) is 44.9 Å². The third kappa shape index (κ3) is 2.80. The van der Waals surface area contributed by atoms with Crippen LogP contribution in [0, 0.1) is 153 Å². The van der Waals surface area contributed by atoms with Gasteiger partial charge < -0.3 is 9.47 Å². The summed E-state index contributed by atoms with van der Waals surface area (Å²) in [7, 11) is 1.83. The van der Waals surface area contributed by atoms with Crippen LogP contribution in [0.4, 0.5) is 0 Å². The minimum Gasteiger partial charge on any atom is -0.382 e. The Morgan fingerprint density at radius 2 is 1.49 bits per heavy atom. The molecule has 1 spiro atoms. The lowest BCUT2D eigenvalue weighted by Crippen LogP contribution is -2.59. The van der Waals surface area contributed by atoms with Crippen LogP contribution in [0.1, 0.15) is 67.7 Å². The number of likely N-dealkylation sites (tertiary alicyclic amines) is 1. The Bertz CT molecular complexity index is 2280. The summed E-state index contributed by atoms with van der Waals surface area (Å²) in [6.45, 7) is 4.72. The van der Waals surface area contributed by atoms with Gasteiger partial charge in [-0.25, -0.2) is 0 Å². The van der Waals surface area contributed by atoms with E-state index in [1.165, 1.54) is 38.6 Å². The van der Waals surface area contributed by atoms with Gasteiger partial charge in [0.15, 0.2) is 0 Å². The monoisotopic (exact) mass is 755 g/mol. The van der Waals surface area contributed by atoms with E-state index in [2.05, 4.69) is 57.0 Å². The van der Waals surface area contributed by atoms with Gasteiger partial charge in [0, 0.05) is 43.5 Å². The number of nitrogens with zero attached hydrogens (tertiary/aromatic N) is 1. The fourth-order valence-electron chi connectivity index (χ4n) is 26.3. The molecule has 0 aromatic heterocycles. The van der Waals surface area contributed by atoms with Gasteiger partial charge in [0.1, 0.15) is 0 Å². The fraction of sp³-hybridized carbons (Fsp3) is 0.778. The number of methoxy groups -OCH3 is 1. The maximum atomic E-state index is 6.42. The van der Waals surface area contributed by atoms with Gasteiger partial charge in [0.2, 0.25) is 0 Å². The zero-order valence-electron chi connectivity index (χ0n) is 34.0. The largest absolute Gasteiger partial charge is 0.382 e. The van der Waals surface area contributed by atoms with E-state index in [4.69, 9.17) is 9.47 Å². The second-order valence-electron chi connectivity index (χ2n) is 25.3. The first kappa shape index (κ1) is 30.4. The van der Waals surface area contributed by atoms with Crippen LogP contribution >= 0.6 is 0 Å². The predicted octanol–water partition coefficient (Wildman–Crippen LogP) is 8.66. The molecular formula is C54H61NO2. The quantitative estimate of drug-likeness (QED) is 0.206. The molecule has 1 heterocycles. The normalized spacial score (nSPS) is 63.9. The van der Waals surface area contributed by atoms with Gasteiger partial charge in [-0.05, 0) is 211 Å². The van der Waals surface area contributed by atoms with E-state index < -0.39 is 0 Å². The number of aryl methyl sites for hydroxylation is 2. The Morgan fingerprint density at radius 3 is 2.39 bits per heavy atom. The van der Waals surface area contributed by atoms with Gasteiger partial charge in [-0.2, -0.15) is 0 Å². The van der Waals surface area contributed by atoms with Gasteiger partial charge in [-0.1, -0.05) is 52.1 Å². The summed E-state index contributed by atoms with van der Waals surface area (Å²) in [5.41, 5.74) is 16.3. The van der Waals surface area contributed by atoms with Crippen molar-refractivity contribution in [2.45, 2.75) is 63.8 Å². The number of fused-ring (bicyclic) bond motifs is 2. The van der Waals surface area contributed by atoms with Crippen LogP contribution in [0.3, 0.4) is 0 Å². The molecule has 294 valence electrons. The Balaban J connectivity index is 0.888. The Hall–Kier alpha value is -1.68. The summed E-state index contributed by atoms with van der Waals surface area (Å²) < 4.78 is 11.9. The molecule has 3 heteroatoms. The number of hydrogen-bond acceptors (Lipinski definition) is 3. The maximum Gasteiger partial charge on any atom is 0.0700 e. The third-order valence-corrected chi connectivity index (χ3v) is 25.6. The molecule has 1 aromatic rings. The van der Waals surface area contributed by atoms with Gasteiger partial charge in [-0.3, -0.25) is 4.90 Å². The highest BCUT2D eigenvalue weighted by atomic mass is 16.5. The van der Waals surface area contributed by atoms with Crippen molar-refractivity contribution in [3.05, 3.63) is 68.8 Å². The van der Waals surface area contributed by atoms with Crippen molar-refractivity contribution >= 4 is 0 Å². The van der Waals surface area contributed by atoms with E-state index >= 15 is 0 Å². The molecule has 12 saturated carbocycles. The molecule has 0 N–H and O–H groups in total. The molecule has 1 aliphatic heterocycles. The van der Waals surface area contributed by atoms with Crippen LogP contribution in [0.2, 0.25) is 0 Å². The van der Waals surface area contributed by atoms with Gasteiger partial charge >= 0.3 is 0 Å². The molecule has 1 aromatic carbocycles. The smallest absolute Gasteiger partial charge is 0.0700 e. The first-order valence-corrected chi connectivity index (χ1v) is 25.3. The number of allylic oxidation sites excluding steroid dienone is 5. The summed E-state index contributed by atoms with van der Waals surface area (Å²) in [4.78, 5) is 3.11. The van der Waals surface area contributed by atoms with Crippen molar-refractivity contribution in [3.63, 3.8) is 0 Å². The van der Waals surface area contributed by atoms with Crippen molar-refractivity contribution in [3.8, 4) is 0 Å². The summed E-state index contributed by atoms with van der Waals surface area (Å²) in [5, 5.41) is 0. The van der Waals surface area contributed by atoms with E-state index in [0.29, 0.717) is 18.1 Å². The molecule has 27 unspecified atom stereocenters. The molecule has 19 rings (SSSR count). The van der Waals surface area contributed by atoms with E-state index in [1.807, 2.05) is 7.11 Å². The predicted molar refractivity (Wildman–Crippen MR) is 215 cm³/mol. The van der Waals surface area contributed by atoms with Gasteiger partial charge in [-0.15, -0.1) is 0 Å². The zero-order chi connectivity index (χ0) is 35.8. The molecule has 13 fully saturated rings. The lowest BCUT2D eigenvalue weighted by Gasteiger charge is -2.62. The van der Waals surface area contributed by atoms with Crippen molar-refractivity contribution < 1.29 is 9.47 Å². The highest BCUT2D eigenvalue weighted by molar-refractivity contribution is 5.57. The van der Waals surface area contributed by atoms with E-state index in [9.17, 15) is 0 Å². The number of ether oxygens (including phenoxy) is 2. The summed E-state index contributed by atoms with van der Waals surface area (Å²) in [6.07, 6.45) is 16.7. The lowest BCUT2D eigenvalue weighted by atomic mass is 9.41. The minimum atomic E-state index is 0.428. The second kappa shape index (κ2) is 9.23. The molecule has 57 heavy (non-hydrogen) atoms. The maximum absolute atomic E-state index is 6.42. The SMILES string of the molecule is COCCOCCN1CC2C3=C4C5C6=C(C3)CC3CC7=CC8CC9CC%10CC%11CC2(C2C4C4C5C5C(C63)C7C3C8C9C6C%10C(C4C6C35)C%112)C1c1ccc2c(c1)CC2. The number of rotatable bonds is 7. The zero-order valence-corrected chi connectivity index (χ0v) is 34.0. The third-order valence-electron chi connectivity index (χ3n) is 25.6. The summed E-state index contributed by atoms with van der Waals surface area (Å²) in [5.74, 6) is 26.1. The Kier molecular flexibility index (Phi) is 4.92. The van der Waals surface area contributed by atoms with Crippen molar-refractivity contribution in [1.29, 1.82) is 0 Å². The number of benzene rings is 1.